The van der Waals surface area contributed by atoms with Crippen molar-refractivity contribution < 1.29 is 35.0 Å². The standard InChI is InChI=1S/C28H30F4N4O4S/c1-4-7-22(5-2)34-27(37)25-18(3)36(26(35-25)20-14-19(17-33)15-21(29)16-20)23-8-10-24(11-9-23)40-41(38,39)13-6-12-28(30,31)32/h8-11,14-16,22H,4-7,12-13H2,1-3H3,(H,34,37). The van der Waals surface area contributed by atoms with Gasteiger partial charge in [-0.3, -0.25) is 9.36 Å². The number of nitrogens with one attached hydrogen (secondary N) is 1. The maximum atomic E-state index is 14.4. The minimum absolute atomic E-state index is 0.0478. The number of hydrogen-bond acceptors (Lipinski definition) is 6. The Morgan fingerprint density at radius 3 is 2.44 bits per heavy atom. The molecular weight excluding hydrogens is 564 g/mol. The third-order valence-corrected chi connectivity index (χ3v) is 7.48. The van der Waals surface area contributed by atoms with Crippen LogP contribution in [0.3, 0.4) is 0 Å². The Labute approximate surface area is 236 Å². The number of carbonyl (C=O) groups is 1. The van der Waals surface area contributed by atoms with Crippen LogP contribution < -0.4 is 9.50 Å². The van der Waals surface area contributed by atoms with E-state index in [9.17, 15) is 36.0 Å². The molecule has 0 fully saturated rings. The molecule has 1 aromatic heterocycles. The fourth-order valence-electron chi connectivity index (χ4n) is 4.28. The Morgan fingerprint density at radius 1 is 1.17 bits per heavy atom. The fourth-order valence-corrected chi connectivity index (χ4v) is 5.26. The van der Waals surface area contributed by atoms with Gasteiger partial charge in [0.15, 0.2) is 0 Å². The molecule has 0 bridgehead atoms. The zero-order valence-electron chi connectivity index (χ0n) is 22.8. The van der Waals surface area contributed by atoms with Crippen LogP contribution in [-0.4, -0.2) is 41.8 Å². The van der Waals surface area contributed by atoms with E-state index in [1.807, 2.05) is 19.9 Å². The van der Waals surface area contributed by atoms with E-state index in [1.54, 1.807) is 11.5 Å². The van der Waals surface area contributed by atoms with Crippen molar-refractivity contribution in [1.29, 1.82) is 5.26 Å². The summed E-state index contributed by atoms with van der Waals surface area (Å²) in [5, 5.41) is 12.3. The molecule has 0 saturated carbocycles. The summed E-state index contributed by atoms with van der Waals surface area (Å²) in [5.74, 6) is -1.87. The molecule has 0 saturated heterocycles. The van der Waals surface area contributed by atoms with Gasteiger partial charge in [0.25, 0.3) is 5.91 Å². The molecule has 220 valence electrons. The van der Waals surface area contributed by atoms with Crippen molar-refractivity contribution in [2.24, 2.45) is 0 Å². The SMILES string of the molecule is CCCC(CC)NC(=O)c1nc(-c2cc(F)cc(C#N)c2)n(-c2ccc(OS(=O)(=O)CCCC(F)(F)F)cc2)c1C. The van der Waals surface area contributed by atoms with Gasteiger partial charge in [-0.1, -0.05) is 20.3 Å². The van der Waals surface area contributed by atoms with E-state index in [2.05, 4.69) is 10.3 Å². The number of imidazole rings is 1. The van der Waals surface area contributed by atoms with E-state index in [-0.39, 0.29) is 34.4 Å². The molecular formula is C28H30F4N4O4S. The van der Waals surface area contributed by atoms with Gasteiger partial charge >= 0.3 is 16.3 Å². The highest BCUT2D eigenvalue weighted by Gasteiger charge is 2.28. The highest BCUT2D eigenvalue weighted by molar-refractivity contribution is 7.87. The molecule has 41 heavy (non-hydrogen) atoms. The number of aromatic nitrogens is 2. The van der Waals surface area contributed by atoms with Crippen LogP contribution in [0.15, 0.2) is 42.5 Å². The molecule has 1 heterocycles. The van der Waals surface area contributed by atoms with Gasteiger partial charge in [0.2, 0.25) is 0 Å². The van der Waals surface area contributed by atoms with Gasteiger partial charge in [0.05, 0.1) is 23.1 Å². The quantitative estimate of drug-likeness (QED) is 0.197. The van der Waals surface area contributed by atoms with Crippen LogP contribution in [0.25, 0.3) is 17.1 Å². The fraction of sp³-hybridized carbons (Fsp3) is 0.393. The monoisotopic (exact) mass is 594 g/mol. The summed E-state index contributed by atoms with van der Waals surface area (Å²) in [6.45, 7) is 5.60. The maximum Gasteiger partial charge on any atom is 0.389 e. The Bertz CT molecular complexity index is 1530. The number of amides is 1. The smallest absolute Gasteiger partial charge is 0.382 e. The largest absolute Gasteiger partial charge is 0.389 e. The average Bonchev–Trinajstić information content (AvgIpc) is 3.24. The number of nitriles is 1. The van der Waals surface area contributed by atoms with E-state index >= 15 is 0 Å². The third-order valence-electron chi connectivity index (χ3n) is 6.25. The number of rotatable bonds is 12. The molecule has 1 N–H and O–H groups in total. The molecule has 13 heteroatoms. The first kappa shape index (κ1) is 31.6. The van der Waals surface area contributed by atoms with Crippen LogP contribution >= 0.6 is 0 Å². The van der Waals surface area contributed by atoms with Crippen molar-refractivity contribution in [2.75, 3.05) is 5.75 Å². The lowest BCUT2D eigenvalue weighted by Gasteiger charge is -2.15. The molecule has 0 aliphatic heterocycles. The second-order valence-electron chi connectivity index (χ2n) is 9.47. The molecule has 0 aliphatic carbocycles. The number of benzene rings is 2. The Morgan fingerprint density at radius 2 is 1.85 bits per heavy atom. The molecule has 0 radical (unpaired) electrons. The first-order valence-corrected chi connectivity index (χ1v) is 14.5. The Hall–Kier alpha value is -3.92. The van der Waals surface area contributed by atoms with Crippen LogP contribution in [0.4, 0.5) is 17.6 Å². The zero-order valence-corrected chi connectivity index (χ0v) is 23.6. The topological polar surface area (TPSA) is 114 Å². The van der Waals surface area contributed by atoms with Gasteiger partial charge < -0.3 is 9.50 Å². The van der Waals surface area contributed by atoms with Gasteiger partial charge in [0.1, 0.15) is 23.1 Å². The maximum absolute atomic E-state index is 14.4. The summed E-state index contributed by atoms with van der Waals surface area (Å²) in [4.78, 5) is 17.7. The summed E-state index contributed by atoms with van der Waals surface area (Å²) in [7, 11) is -4.28. The van der Waals surface area contributed by atoms with E-state index in [4.69, 9.17) is 4.18 Å². The van der Waals surface area contributed by atoms with Gasteiger partial charge in [-0.05, 0) is 68.7 Å². The van der Waals surface area contributed by atoms with E-state index in [0.29, 0.717) is 17.8 Å². The van der Waals surface area contributed by atoms with Crippen LogP contribution in [-0.2, 0) is 10.1 Å². The first-order valence-electron chi connectivity index (χ1n) is 13.0. The predicted molar refractivity (Wildman–Crippen MR) is 145 cm³/mol. The summed E-state index contributed by atoms with van der Waals surface area (Å²) in [6.07, 6.45) is -4.02. The highest BCUT2D eigenvalue weighted by atomic mass is 32.2. The summed E-state index contributed by atoms with van der Waals surface area (Å²) < 4.78 is 82.3. The zero-order chi connectivity index (χ0) is 30.4. The van der Waals surface area contributed by atoms with E-state index < -0.39 is 46.6 Å². The molecule has 0 aliphatic rings. The van der Waals surface area contributed by atoms with Gasteiger partial charge in [-0.15, -0.1) is 0 Å². The number of hydrogen-bond donors (Lipinski definition) is 1. The normalized spacial score (nSPS) is 12.5. The van der Waals surface area contributed by atoms with Crippen LogP contribution in [0.5, 0.6) is 5.75 Å². The van der Waals surface area contributed by atoms with Crippen molar-refractivity contribution >= 4 is 16.0 Å². The molecule has 0 spiro atoms. The molecule has 2 aromatic carbocycles. The summed E-state index contributed by atoms with van der Waals surface area (Å²) in [6, 6.07) is 11.0. The number of carbonyl (C=O) groups excluding carboxylic acids is 1. The Balaban J connectivity index is 2.00. The minimum Gasteiger partial charge on any atom is -0.382 e. The second-order valence-corrected chi connectivity index (χ2v) is 11.2. The van der Waals surface area contributed by atoms with Crippen molar-refractivity contribution in [2.45, 2.75) is 65.1 Å². The van der Waals surface area contributed by atoms with Gasteiger partial charge in [-0.2, -0.15) is 26.9 Å². The van der Waals surface area contributed by atoms with E-state index in [0.717, 1.165) is 18.9 Å². The molecule has 1 amide bonds. The van der Waals surface area contributed by atoms with Crippen molar-refractivity contribution in [3.63, 3.8) is 0 Å². The lowest BCUT2D eigenvalue weighted by Crippen LogP contribution is -2.34. The molecule has 1 unspecified atom stereocenters. The molecule has 3 aromatic rings. The third kappa shape index (κ3) is 8.53. The van der Waals surface area contributed by atoms with Gasteiger partial charge in [0, 0.05) is 23.7 Å². The van der Waals surface area contributed by atoms with Crippen molar-refractivity contribution in [1.82, 2.24) is 14.9 Å². The molecule has 3 rings (SSSR count). The van der Waals surface area contributed by atoms with Gasteiger partial charge in [-0.25, -0.2) is 9.37 Å². The predicted octanol–water partition coefficient (Wildman–Crippen LogP) is 6.22. The summed E-state index contributed by atoms with van der Waals surface area (Å²) in [5.41, 5.74) is 1.18. The minimum atomic E-state index is -4.48. The number of alkyl halides is 3. The van der Waals surface area contributed by atoms with E-state index in [1.165, 1.54) is 36.4 Å². The lowest BCUT2D eigenvalue weighted by atomic mass is 10.1. The van der Waals surface area contributed by atoms with Crippen molar-refractivity contribution in [3.8, 4) is 28.9 Å². The number of nitrogens with zero attached hydrogens (tertiary/aromatic N) is 3. The number of halogens is 4. The first-order chi connectivity index (χ1) is 19.3. The second kappa shape index (κ2) is 13.2. The van der Waals surface area contributed by atoms with Crippen molar-refractivity contribution in [3.05, 3.63) is 65.2 Å². The highest BCUT2D eigenvalue weighted by Crippen LogP contribution is 2.30. The van der Waals surface area contributed by atoms with Crippen LogP contribution in [0, 0.1) is 24.1 Å². The molecule has 1 atom stereocenters. The molecule has 8 nitrogen and oxygen atoms in total. The van der Waals surface area contributed by atoms with Crippen LogP contribution in [0.2, 0.25) is 0 Å². The lowest BCUT2D eigenvalue weighted by molar-refractivity contribution is -0.134. The average molecular weight is 595 g/mol. The summed E-state index contributed by atoms with van der Waals surface area (Å²) >= 11 is 0. The Kier molecular flexibility index (Phi) is 10.1. The van der Waals surface area contributed by atoms with Crippen LogP contribution in [0.1, 0.15) is 67.7 Å².